The molecular weight excluding hydrogens is 395 g/mol. The maximum Gasteiger partial charge on any atom is 0.257 e. The van der Waals surface area contributed by atoms with Crippen LogP contribution >= 0.6 is 24.0 Å². The lowest BCUT2D eigenvalue weighted by molar-refractivity contribution is 0.0748. The summed E-state index contributed by atoms with van der Waals surface area (Å²) in [6.45, 7) is 7.80. The average molecular weight is 423 g/mol. The molecule has 5 nitrogen and oxygen atoms in total. The van der Waals surface area contributed by atoms with Crippen LogP contribution in [0, 0.1) is 0 Å². The van der Waals surface area contributed by atoms with E-state index in [0.29, 0.717) is 28.4 Å². The van der Waals surface area contributed by atoms with Gasteiger partial charge in [0.2, 0.25) is 0 Å². The Kier molecular flexibility index (Phi) is 6.08. The quantitative estimate of drug-likeness (QED) is 0.782. The SMILES string of the molecule is CC(C)(C)n1cc(C(=O)N2CCC3CCC(C2)N3)c(-c2ccccc2Cl)n1.Cl. The van der Waals surface area contributed by atoms with Gasteiger partial charge in [0.1, 0.15) is 5.69 Å². The van der Waals surface area contributed by atoms with Gasteiger partial charge in [-0.2, -0.15) is 5.10 Å². The molecule has 0 aliphatic carbocycles. The number of likely N-dealkylation sites (tertiary alicyclic amines) is 1. The first-order chi connectivity index (χ1) is 12.8. The highest BCUT2D eigenvalue weighted by Gasteiger charge is 2.33. The van der Waals surface area contributed by atoms with E-state index in [9.17, 15) is 4.79 Å². The molecule has 3 heterocycles. The molecule has 2 bridgehead atoms. The second-order valence-corrected chi connectivity index (χ2v) is 9.07. The highest BCUT2D eigenvalue weighted by atomic mass is 35.5. The van der Waals surface area contributed by atoms with Crippen molar-refractivity contribution in [3.8, 4) is 11.3 Å². The highest BCUT2D eigenvalue weighted by molar-refractivity contribution is 6.33. The zero-order chi connectivity index (χ0) is 19.2. The third-order valence-electron chi connectivity index (χ3n) is 5.57. The average Bonchev–Trinajstić information content (AvgIpc) is 3.18. The highest BCUT2D eigenvalue weighted by Crippen LogP contribution is 2.32. The Bertz CT molecular complexity index is 858. The second-order valence-electron chi connectivity index (χ2n) is 8.66. The molecule has 1 N–H and O–H groups in total. The van der Waals surface area contributed by atoms with Crippen LogP contribution < -0.4 is 5.32 Å². The van der Waals surface area contributed by atoms with Crippen molar-refractivity contribution in [2.75, 3.05) is 13.1 Å². The van der Waals surface area contributed by atoms with E-state index in [-0.39, 0.29) is 23.9 Å². The molecule has 2 aliphatic heterocycles. The number of fused-ring (bicyclic) bond motifs is 2. The molecule has 0 saturated carbocycles. The molecule has 4 rings (SSSR count). The zero-order valence-electron chi connectivity index (χ0n) is 16.6. The summed E-state index contributed by atoms with van der Waals surface area (Å²) in [4.78, 5) is 15.5. The molecule has 1 aromatic carbocycles. The Morgan fingerprint density at radius 3 is 2.61 bits per heavy atom. The molecule has 7 heteroatoms. The van der Waals surface area contributed by atoms with Crippen molar-refractivity contribution in [2.24, 2.45) is 0 Å². The smallest absolute Gasteiger partial charge is 0.257 e. The largest absolute Gasteiger partial charge is 0.337 e. The van der Waals surface area contributed by atoms with Crippen LogP contribution in [0.3, 0.4) is 0 Å². The van der Waals surface area contributed by atoms with Gasteiger partial charge < -0.3 is 10.2 Å². The Hall–Kier alpha value is -1.56. The van der Waals surface area contributed by atoms with Crippen molar-refractivity contribution in [1.29, 1.82) is 0 Å². The van der Waals surface area contributed by atoms with E-state index in [1.165, 1.54) is 6.42 Å². The van der Waals surface area contributed by atoms with E-state index in [0.717, 1.165) is 31.5 Å². The third-order valence-corrected chi connectivity index (χ3v) is 5.90. The topological polar surface area (TPSA) is 50.2 Å². The van der Waals surface area contributed by atoms with Gasteiger partial charge in [0.05, 0.1) is 16.1 Å². The fraction of sp³-hybridized carbons (Fsp3) is 0.524. The first-order valence-corrected chi connectivity index (χ1v) is 10.1. The van der Waals surface area contributed by atoms with Gasteiger partial charge >= 0.3 is 0 Å². The van der Waals surface area contributed by atoms with Crippen LogP contribution in [0.15, 0.2) is 30.5 Å². The summed E-state index contributed by atoms with van der Waals surface area (Å²) >= 11 is 6.44. The van der Waals surface area contributed by atoms with E-state index >= 15 is 0 Å². The van der Waals surface area contributed by atoms with Crippen LogP contribution in [0.4, 0.5) is 0 Å². The minimum absolute atomic E-state index is 0. The molecule has 2 aliphatic rings. The van der Waals surface area contributed by atoms with Crippen LogP contribution in [-0.2, 0) is 5.54 Å². The first kappa shape index (κ1) is 21.2. The molecule has 1 amide bonds. The standard InChI is InChI=1S/C21H27ClN4O.ClH/c1-21(2,3)26-13-17(19(24-26)16-6-4-5-7-18(16)22)20(27)25-11-10-14-8-9-15(12-25)23-14;/h4-7,13-15,23H,8-12H2,1-3H3;1H. The van der Waals surface area contributed by atoms with Gasteiger partial charge in [0.25, 0.3) is 5.91 Å². The maximum absolute atomic E-state index is 13.5. The van der Waals surface area contributed by atoms with Crippen molar-refractivity contribution in [3.05, 3.63) is 41.0 Å². The summed E-state index contributed by atoms with van der Waals surface area (Å²) in [6, 6.07) is 8.55. The fourth-order valence-corrected chi connectivity index (χ4v) is 4.25. The number of rotatable bonds is 2. The first-order valence-electron chi connectivity index (χ1n) is 9.73. The summed E-state index contributed by atoms with van der Waals surface area (Å²) < 4.78 is 1.88. The van der Waals surface area contributed by atoms with Gasteiger partial charge in [-0.15, -0.1) is 12.4 Å². The van der Waals surface area contributed by atoms with Crippen LogP contribution in [-0.4, -0.2) is 45.8 Å². The molecule has 0 radical (unpaired) electrons. The minimum Gasteiger partial charge on any atom is -0.337 e. The summed E-state index contributed by atoms with van der Waals surface area (Å²) in [6.07, 6.45) is 5.27. The van der Waals surface area contributed by atoms with Gasteiger partial charge in [0, 0.05) is 36.9 Å². The number of carbonyl (C=O) groups excluding carboxylic acids is 1. The maximum atomic E-state index is 13.5. The van der Waals surface area contributed by atoms with Crippen molar-refractivity contribution >= 4 is 29.9 Å². The molecule has 2 unspecified atom stereocenters. The van der Waals surface area contributed by atoms with Gasteiger partial charge in [-0.05, 0) is 46.1 Å². The Balaban J connectivity index is 0.00000225. The molecule has 0 spiro atoms. The van der Waals surface area contributed by atoms with Gasteiger partial charge in [-0.1, -0.05) is 29.8 Å². The monoisotopic (exact) mass is 422 g/mol. The van der Waals surface area contributed by atoms with Gasteiger partial charge in [-0.25, -0.2) is 0 Å². The molecule has 1 aromatic heterocycles. The number of amides is 1. The number of hydrogen-bond acceptors (Lipinski definition) is 3. The van der Waals surface area contributed by atoms with Crippen molar-refractivity contribution in [3.63, 3.8) is 0 Å². The number of aromatic nitrogens is 2. The number of hydrogen-bond donors (Lipinski definition) is 1. The van der Waals surface area contributed by atoms with Crippen molar-refractivity contribution in [1.82, 2.24) is 20.0 Å². The molecule has 2 atom stereocenters. The van der Waals surface area contributed by atoms with Crippen LogP contribution in [0.5, 0.6) is 0 Å². The summed E-state index contributed by atoms with van der Waals surface area (Å²) in [5.41, 5.74) is 1.90. The van der Waals surface area contributed by atoms with E-state index < -0.39 is 0 Å². The Morgan fingerprint density at radius 2 is 1.89 bits per heavy atom. The molecule has 152 valence electrons. The summed E-state index contributed by atoms with van der Waals surface area (Å²) in [7, 11) is 0. The second kappa shape index (κ2) is 8.05. The Labute approximate surface area is 177 Å². The lowest BCUT2D eigenvalue weighted by atomic mass is 10.0. The molecule has 2 aromatic rings. The predicted octanol–water partition coefficient (Wildman–Crippen LogP) is 4.35. The van der Waals surface area contributed by atoms with Crippen LogP contribution in [0.25, 0.3) is 11.3 Å². The molecular formula is C21H28Cl2N4O. The van der Waals surface area contributed by atoms with E-state index in [2.05, 4.69) is 26.1 Å². The van der Waals surface area contributed by atoms with Crippen LogP contribution in [0.2, 0.25) is 5.02 Å². The van der Waals surface area contributed by atoms with Crippen molar-refractivity contribution < 1.29 is 4.79 Å². The Morgan fingerprint density at radius 1 is 1.18 bits per heavy atom. The lowest BCUT2D eigenvalue weighted by Crippen LogP contribution is -2.39. The van der Waals surface area contributed by atoms with Gasteiger partial charge in [0.15, 0.2) is 0 Å². The number of carbonyl (C=O) groups is 1. The van der Waals surface area contributed by atoms with Gasteiger partial charge in [-0.3, -0.25) is 9.48 Å². The number of nitrogens with one attached hydrogen (secondary N) is 1. The summed E-state index contributed by atoms with van der Waals surface area (Å²) in [5, 5.41) is 9.02. The number of halogens is 2. The number of benzene rings is 1. The molecule has 28 heavy (non-hydrogen) atoms. The number of nitrogens with zero attached hydrogens (tertiary/aromatic N) is 3. The van der Waals surface area contributed by atoms with E-state index in [1.807, 2.05) is 40.0 Å². The zero-order valence-corrected chi connectivity index (χ0v) is 18.2. The molecule has 2 fully saturated rings. The lowest BCUT2D eigenvalue weighted by Gasteiger charge is -2.24. The minimum atomic E-state index is -0.214. The normalized spacial score (nSPS) is 21.9. The predicted molar refractivity (Wildman–Crippen MR) is 115 cm³/mol. The van der Waals surface area contributed by atoms with Crippen molar-refractivity contribution in [2.45, 2.75) is 57.7 Å². The summed E-state index contributed by atoms with van der Waals surface area (Å²) in [5.74, 6) is 0.0507. The third kappa shape index (κ3) is 4.07. The molecule has 2 saturated heterocycles. The van der Waals surface area contributed by atoms with E-state index in [4.69, 9.17) is 16.7 Å². The van der Waals surface area contributed by atoms with E-state index in [1.54, 1.807) is 0 Å². The van der Waals surface area contributed by atoms with Crippen LogP contribution in [0.1, 0.15) is 50.4 Å². The fourth-order valence-electron chi connectivity index (χ4n) is 4.02.